The predicted octanol–water partition coefficient (Wildman–Crippen LogP) is 3.40. The van der Waals surface area contributed by atoms with E-state index >= 15 is 0 Å². The van der Waals surface area contributed by atoms with Crippen molar-refractivity contribution >= 4 is 5.69 Å². The molecular formula is C15H17NO2. The summed E-state index contributed by atoms with van der Waals surface area (Å²) in [5.74, 6) is 1.17. The third kappa shape index (κ3) is 3.42. The summed E-state index contributed by atoms with van der Waals surface area (Å²) in [6, 6.07) is 15.1. The van der Waals surface area contributed by atoms with E-state index in [-0.39, 0.29) is 5.75 Å². The standard InChI is InChI=1S/C15H17NO2/c1-2-18-15-9-3-12(4-10-15)11-16-13-5-7-14(17)8-6-13/h3-10,16-17H,2,11H2,1H3. The largest absolute Gasteiger partial charge is 0.508 e. The van der Waals surface area contributed by atoms with Crippen molar-refractivity contribution in [2.75, 3.05) is 11.9 Å². The first kappa shape index (κ1) is 12.3. The van der Waals surface area contributed by atoms with Crippen molar-refractivity contribution in [1.29, 1.82) is 0 Å². The molecule has 0 atom stereocenters. The molecule has 0 amide bonds. The Hall–Kier alpha value is -2.16. The van der Waals surface area contributed by atoms with Crippen LogP contribution in [0.1, 0.15) is 12.5 Å². The van der Waals surface area contributed by atoms with Crippen molar-refractivity contribution in [1.82, 2.24) is 0 Å². The van der Waals surface area contributed by atoms with Gasteiger partial charge in [-0.1, -0.05) is 12.1 Å². The van der Waals surface area contributed by atoms with Gasteiger partial charge in [-0.15, -0.1) is 0 Å². The monoisotopic (exact) mass is 243 g/mol. The first-order valence-corrected chi connectivity index (χ1v) is 6.02. The van der Waals surface area contributed by atoms with E-state index in [1.807, 2.05) is 43.3 Å². The molecule has 0 bridgehead atoms. The number of aromatic hydroxyl groups is 1. The second-order valence-corrected chi connectivity index (χ2v) is 3.98. The zero-order valence-electron chi connectivity index (χ0n) is 10.4. The second kappa shape index (κ2) is 5.96. The molecule has 0 aliphatic rings. The van der Waals surface area contributed by atoms with Crippen LogP contribution in [0.3, 0.4) is 0 Å². The summed E-state index contributed by atoms with van der Waals surface area (Å²) in [7, 11) is 0. The number of phenolic OH excluding ortho intramolecular Hbond substituents is 1. The fourth-order valence-electron chi connectivity index (χ4n) is 1.65. The summed E-state index contributed by atoms with van der Waals surface area (Å²) in [5.41, 5.74) is 2.17. The number of ether oxygens (including phenoxy) is 1. The molecule has 2 aromatic rings. The summed E-state index contributed by atoms with van der Waals surface area (Å²) >= 11 is 0. The number of rotatable bonds is 5. The highest BCUT2D eigenvalue weighted by Crippen LogP contribution is 2.16. The van der Waals surface area contributed by atoms with Crippen molar-refractivity contribution in [2.45, 2.75) is 13.5 Å². The average Bonchev–Trinajstić information content (AvgIpc) is 2.40. The van der Waals surface area contributed by atoms with Crippen LogP contribution in [0.15, 0.2) is 48.5 Å². The first-order chi connectivity index (χ1) is 8.78. The van der Waals surface area contributed by atoms with Crippen LogP contribution in [-0.4, -0.2) is 11.7 Å². The molecule has 0 fully saturated rings. The lowest BCUT2D eigenvalue weighted by Gasteiger charge is -2.08. The Morgan fingerprint density at radius 2 is 1.67 bits per heavy atom. The molecule has 2 aromatic carbocycles. The van der Waals surface area contributed by atoms with Crippen LogP contribution in [0.4, 0.5) is 5.69 Å². The minimum absolute atomic E-state index is 0.279. The first-order valence-electron chi connectivity index (χ1n) is 6.02. The minimum atomic E-state index is 0.279. The summed E-state index contributed by atoms with van der Waals surface area (Å²) in [6.45, 7) is 3.41. The molecule has 2 rings (SSSR count). The summed E-state index contributed by atoms with van der Waals surface area (Å²) < 4.78 is 5.39. The Balaban J connectivity index is 1.91. The van der Waals surface area contributed by atoms with Gasteiger partial charge in [0.1, 0.15) is 11.5 Å². The lowest BCUT2D eigenvalue weighted by atomic mass is 10.2. The van der Waals surface area contributed by atoms with E-state index < -0.39 is 0 Å². The Labute approximate surface area is 107 Å². The van der Waals surface area contributed by atoms with Crippen LogP contribution < -0.4 is 10.1 Å². The van der Waals surface area contributed by atoms with Gasteiger partial charge in [-0.2, -0.15) is 0 Å². The van der Waals surface area contributed by atoms with Gasteiger partial charge in [0, 0.05) is 12.2 Å². The maximum absolute atomic E-state index is 9.18. The van der Waals surface area contributed by atoms with Crippen LogP contribution >= 0.6 is 0 Å². The Kier molecular flexibility index (Phi) is 4.07. The number of phenols is 1. The lowest BCUT2D eigenvalue weighted by molar-refractivity contribution is 0.340. The van der Waals surface area contributed by atoms with Gasteiger partial charge in [-0.3, -0.25) is 0 Å². The van der Waals surface area contributed by atoms with Crippen LogP contribution in [0.25, 0.3) is 0 Å². The van der Waals surface area contributed by atoms with Crippen LogP contribution in [-0.2, 0) is 6.54 Å². The second-order valence-electron chi connectivity index (χ2n) is 3.98. The fourth-order valence-corrected chi connectivity index (χ4v) is 1.65. The van der Waals surface area contributed by atoms with Crippen LogP contribution in [0.2, 0.25) is 0 Å². The van der Waals surface area contributed by atoms with E-state index in [4.69, 9.17) is 4.74 Å². The molecule has 0 unspecified atom stereocenters. The maximum Gasteiger partial charge on any atom is 0.119 e. The number of hydrogen-bond donors (Lipinski definition) is 2. The Morgan fingerprint density at radius 3 is 2.28 bits per heavy atom. The summed E-state index contributed by atoms with van der Waals surface area (Å²) in [6.07, 6.45) is 0. The van der Waals surface area contributed by atoms with E-state index in [9.17, 15) is 5.11 Å². The molecule has 0 heterocycles. The Bertz CT molecular complexity index is 477. The van der Waals surface area contributed by atoms with E-state index in [0.717, 1.165) is 18.0 Å². The molecular weight excluding hydrogens is 226 g/mol. The van der Waals surface area contributed by atoms with Gasteiger partial charge in [0.15, 0.2) is 0 Å². The third-order valence-corrected chi connectivity index (χ3v) is 2.60. The Morgan fingerprint density at radius 1 is 1.00 bits per heavy atom. The topological polar surface area (TPSA) is 41.5 Å². The highest BCUT2D eigenvalue weighted by Gasteiger charge is 1.96. The molecule has 3 nitrogen and oxygen atoms in total. The predicted molar refractivity (Wildman–Crippen MR) is 73.0 cm³/mol. The van der Waals surface area contributed by atoms with Crippen molar-refractivity contribution in [3.8, 4) is 11.5 Å². The zero-order chi connectivity index (χ0) is 12.8. The highest BCUT2D eigenvalue weighted by atomic mass is 16.5. The van der Waals surface area contributed by atoms with E-state index in [2.05, 4.69) is 5.32 Å². The molecule has 18 heavy (non-hydrogen) atoms. The molecule has 0 saturated heterocycles. The van der Waals surface area contributed by atoms with Gasteiger partial charge in [-0.05, 0) is 48.9 Å². The molecule has 0 radical (unpaired) electrons. The van der Waals surface area contributed by atoms with Crippen molar-refractivity contribution in [2.24, 2.45) is 0 Å². The van der Waals surface area contributed by atoms with Gasteiger partial charge >= 0.3 is 0 Å². The average molecular weight is 243 g/mol. The highest BCUT2D eigenvalue weighted by molar-refractivity contribution is 5.46. The smallest absolute Gasteiger partial charge is 0.119 e. The normalized spacial score (nSPS) is 10.1. The molecule has 3 heteroatoms. The quantitative estimate of drug-likeness (QED) is 0.791. The van der Waals surface area contributed by atoms with Crippen molar-refractivity contribution < 1.29 is 9.84 Å². The fraction of sp³-hybridized carbons (Fsp3) is 0.200. The maximum atomic E-state index is 9.18. The van der Waals surface area contributed by atoms with Crippen LogP contribution in [0, 0.1) is 0 Å². The van der Waals surface area contributed by atoms with E-state index in [1.165, 1.54) is 5.56 Å². The van der Waals surface area contributed by atoms with E-state index in [0.29, 0.717) is 6.61 Å². The molecule has 0 saturated carbocycles. The number of anilines is 1. The molecule has 0 aromatic heterocycles. The number of benzene rings is 2. The third-order valence-electron chi connectivity index (χ3n) is 2.60. The lowest BCUT2D eigenvalue weighted by Crippen LogP contribution is -1.99. The zero-order valence-corrected chi connectivity index (χ0v) is 10.4. The summed E-state index contributed by atoms with van der Waals surface area (Å²) in [4.78, 5) is 0. The SMILES string of the molecule is CCOc1ccc(CNc2ccc(O)cc2)cc1. The van der Waals surface area contributed by atoms with Crippen molar-refractivity contribution in [3.05, 3.63) is 54.1 Å². The van der Waals surface area contributed by atoms with Gasteiger partial charge in [0.25, 0.3) is 0 Å². The molecule has 2 N–H and O–H groups in total. The van der Waals surface area contributed by atoms with E-state index in [1.54, 1.807) is 12.1 Å². The van der Waals surface area contributed by atoms with Crippen LogP contribution in [0.5, 0.6) is 11.5 Å². The van der Waals surface area contributed by atoms with Crippen molar-refractivity contribution in [3.63, 3.8) is 0 Å². The minimum Gasteiger partial charge on any atom is -0.508 e. The van der Waals surface area contributed by atoms with Gasteiger partial charge in [0.05, 0.1) is 6.61 Å². The van der Waals surface area contributed by atoms with Gasteiger partial charge < -0.3 is 15.2 Å². The molecule has 0 aliphatic carbocycles. The molecule has 0 spiro atoms. The molecule has 94 valence electrons. The number of hydrogen-bond acceptors (Lipinski definition) is 3. The van der Waals surface area contributed by atoms with Gasteiger partial charge in [-0.25, -0.2) is 0 Å². The number of nitrogens with one attached hydrogen (secondary N) is 1. The molecule has 0 aliphatic heterocycles. The summed E-state index contributed by atoms with van der Waals surface area (Å²) in [5, 5.41) is 12.5. The van der Waals surface area contributed by atoms with Gasteiger partial charge in [0.2, 0.25) is 0 Å².